The van der Waals surface area contributed by atoms with Gasteiger partial charge in [-0.3, -0.25) is 5.41 Å². The van der Waals surface area contributed by atoms with Crippen LogP contribution < -0.4 is 0 Å². The molecular weight excluding hydrogens is 192 g/mol. The van der Waals surface area contributed by atoms with Gasteiger partial charge >= 0.3 is 0 Å². The predicted molar refractivity (Wildman–Crippen MR) is 48.4 cm³/mol. The van der Waals surface area contributed by atoms with Gasteiger partial charge in [0.2, 0.25) is 0 Å². The van der Waals surface area contributed by atoms with E-state index in [1.54, 1.807) is 4.90 Å². The monoisotopic (exact) mass is 204 g/mol. The van der Waals surface area contributed by atoms with Gasteiger partial charge in [0, 0.05) is 13.0 Å². The van der Waals surface area contributed by atoms with Crippen molar-refractivity contribution in [1.82, 2.24) is 4.90 Å². The first-order valence-corrected chi connectivity index (χ1v) is 3.92. The molecule has 0 aromatic heterocycles. The molecule has 0 amide bonds. The fraction of sp³-hybridized carbons (Fsp3) is 0.571. The Morgan fingerprint density at radius 3 is 2.10 bits per heavy atom. The van der Waals surface area contributed by atoms with Crippen LogP contribution in [0.25, 0.3) is 0 Å². The summed E-state index contributed by atoms with van der Waals surface area (Å²) in [4.78, 5) is 1.71. The number of hydrogen-bond acceptors (Lipinski definition) is 1. The van der Waals surface area contributed by atoms with E-state index in [0.717, 1.165) is 4.61 Å². The number of nitrogens with zero attached hydrogens (tertiary/aromatic N) is 1. The first kappa shape index (κ1) is 9.69. The van der Waals surface area contributed by atoms with Crippen molar-refractivity contribution in [3.63, 3.8) is 0 Å². The van der Waals surface area contributed by atoms with E-state index in [9.17, 15) is 0 Å². The van der Waals surface area contributed by atoms with Crippen molar-refractivity contribution in [2.45, 2.75) is 13.8 Å². The maximum atomic E-state index is 7.51. The number of rotatable bonds is 2. The zero-order valence-corrected chi connectivity index (χ0v) is 8.20. The first-order chi connectivity index (χ1) is 4.46. The molecule has 58 valence electrons. The van der Waals surface area contributed by atoms with Crippen molar-refractivity contribution in [3.8, 4) is 0 Å². The first-order valence-electron chi connectivity index (χ1n) is 3.13. The zero-order chi connectivity index (χ0) is 8.31. The van der Waals surface area contributed by atoms with Gasteiger partial charge in [0.15, 0.2) is 0 Å². The summed E-state index contributed by atoms with van der Waals surface area (Å²) in [7, 11) is 1.82. The summed E-state index contributed by atoms with van der Waals surface area (Å²) >= 11 is 3.20. The number of amidine groups is 1. The van der Waals surface area contributed by atoms with Crippen LogP contribution in [0, 0.1) is 11.3 Å². The molecule has 0 aliphatic heterocycles. The van der Waals surface area contributed by atoms with Crippen molar-refractivity contribution >= 4 is 21.8 Å². The van der Waals surface area contributed by atoms with Crippen LogP contribution in [-0.4, -0.2) is 17.8 Å². The van der Waals surface area contributed by atoms with Crippen LogP contribution in [0.1, 0.15) is 13.8 Å². The van der Waals surface area contributed by atoms with E-state index in [-0.39, 0.29) is 5.92 Å². The maximum Gasteiger partial charge on any atom is 0.103 e. The van der Waals surface area contributed by atoms with Crippen molar-refractivity contribution in [1.29, 1.82) is 5.41 Å². The Morgan fingerprint density at radius 2 is 2.00 bits per heavy atom. The minimum Gasteiger partial charge on any atom is -0.328 e. The third-order valence-electron chi connectivity index (χ3n) is 1.27. The lowest BCUT2D eigenvalue weighted by molar-refractivity contribution is 0.612. The molecule has 0 unspecified atom stereocenters. The van der Waals surface area contributed by atoms with Gasteiger partial charge in [-0.15, -0.1) is 0 Å². The summed E-state index contributed by atoms with van der Waals surface area (Å²) in [6.07, 6.45) is 0. The zero-order valence-electron chi connectivity index (χ0n) is 6.61. The second-order valence-corrected chi connectivity index (χ2v) is 3.39. The number of halogens is 1. The third kappa shape index (κ3) is 2.52. The van der Waals surface area contributed by atoms with Crippen LogP contribution in [0.5, 0.6) is 0 Å². The third-order valence-corrected chi connectivity index (χ3v) is 1.80. The quantitative estimate of drug-likeness (QED) is 0.418. The van der Waals surface area contributed by atoms with Gasteiger partial charge in [0.05, 0.1) is 4.61 Å². The number of hydrogen-bond donors (Lipinski definition) is 1. The Labute approximate surface area is 70.6 Å². The van der Waals surface area contributed by atoms with Gasteiger partial charge < -0.3 is 4.90 Å². The molecule has 0 fully saturated rings. The lowest BCUT2D eigenvalue weighted by Gasteiger charge is -2.20. The van der Waals surface area contributed by atoms with E-state index < -0.39 is 0 Å². The Kier molecular flexibility index (Phi) is 3.64. The van der Waals surface area contributed by atoms with Gasteiger partial charge in [-0.25, -0.2) is 0 Å². The van der Waals surface area contributed by atoms with Crippen molar-refractivity contribution in [2.75, 3.05) is 7.05 Å². The van der Waals surface area contributed by atoms with Crippen LogP contribution in [-0.2, 0) is 0 Å². The highest BCUT2D eigenvalue weighted by Gasteiger charge is 2.08. The summed E-state index contributed by atoms with van der Waals surface area (Å²) in [5.74, 6) is 0.821. The van der Waals surface area contributed by atoms with Crippen LogP contribution in [0.2, 0.25) is 0 Å². The standard InChI is InChI=1S/C7H13BrN2/c1-5(2)7(9)10(4)6(3)8/h5,9H,3H2,1-2,4H3. The van der Waals surface area contributed by atoms with E-state index in [0.29, 0.717) is 5.84 Å². The van der Waals surface area contributed by atoms with E-state index >= 15 is 0 Å². The van der Waals surface area contributed by atoms with E-state index in [1.807, 2.05) is 20.9 Å². The second-order valence-electron chi connectivity index (χ2n) is 2.48. The van der Waals surface area contributed by atoms with E-state index in [2.05, 4.69) is 22.5 Å². The van der Waals surface area contributed by atoms with Crippen LogP contribution in [0.15, 0.2) is 11.2 Å². The van der Waals surface area contributed by atoms with Crippen LogP contribution in [0.3, 0.4) is 0 Å². The lowest BCUT2D eigenvalue weighted by atomic mass is 10.2. The highest BCUT2D eigenvalue weighted by Crippen LogP contribution is 2.10. The van der Waals surface area contributed by atoms with Crippen LogP contribution in [0.4, 0.5) is 0 Å². The predicted octanol–water partition coefficient (Wildman–Crippen LogP) is 2.42. The number of nitrogens with one attached hydrogen (secondary N) is 1. The molecule has 0 rings (SSSR count). The Balaban J connectivity index is 4.08. The van der Waals surface area contributed by atoms with Crippen LogP contribution >= 0.6 is 15.9 Å². The molecule has 0 aromatic rings. The molecule has 0 atom stereocenters. The maximum absolute atomic E-state index is 7.51. The normalized spacial score (nSPS) is 9.70. The molecule has 0 bridgehead atoms. The largest absolute Gasteiger partial charge is 0.328 e. The van der Waals surface area contributed by atoms with Gasteiger partial charge in [-0.2, -0.15) is 0 Å². The Morgan fingerprint density at radius 1 is 1.60 bits per heavy atom. The lowest BCUT2D eigenvalue weighted by Crippen LogP contribution is -2.26. The molecule has 1 N–H and O–H groups in total. The Bertz CT molecular complexity index is 152. The molecule has 0 aromatic carbocycles. The summed E-state index contributed by atoms with van der Waals surface area (Å²) in [5, 5.41) is 7.51. The van der Waals surface area contributed by atoms with Gasteiger partial charge in [-0.05, 0) is 15.9 Å². The average molecular weight is 205 g/mol. The molecule has 0 radical (unpaired) electrons. The fourth-order valence-electron chi connectivity index (χ4n) is 0.518. The summed E-state index contributed by atoms with van der Waals surface area (Å²) in [6.45, 7) is 7.62. The molecule has 0 aliphatic carbocycles. The average Bonchev–Trinajstić information content (AvgIpc) is 1.84. The second kappa shape index (κ2) is 3.76. The molecule has 0 heterocycles. The minimum atomic E-state index is 0.249. The van der Waals surface area contributed by atoms with Gasteiger partial charge in [0.25, 0.3) is 0 Å². The fourth-order valence-corrected chi connectivity index (χ4v) is 0.709. The molecule has 2 nitrogen and oxygen atoms in total. The highest BCUT2D eigenvalue weighted by atomic mass is 79.9. The van der Waals surface area contributed by atoms with E-state index in [4.69, 9.17) is 5.41 Å². The van der Waals surface area contributed by atoms with Gasteiger partial charge in [0.1, 0.15) is 5.84 Å². The summed E-state index contributed by atoms with van der Waals surface area (Å²) < 4.78 is 0.728. The van der Waals surface area contributed by atoms with Gasteiger partial charge in [-0.1, -0.05) is 20.4 Å². The topological polar surface area (TPSA) is 27.1 Å². The minimum absolute atomic E-state index is 0.249. The smallest absolute Gasteiger partial charge is 0.103 e. The van der Waals surface area contributed by atoms with Crippen molar-refractivity contribution in [3.05, 3.63) is 11.2 Å². The molecule has 0 spiro atoms. The molecule has 10 heavy (non-hydrogen) atoms. The van der Waals surface area contributed by atoms with Crippen molar-refractivity contribution in [2.24, 2.45) is 5.92 Å². The Hall–Kier alpha value is -0.310. The molecule has 0 aliphatic rings. The van der Waals surface area contributed by atoms with E-state index in [1.165, 1.54) is 0 Å². The van der Waals surface area contributed by atoms with Crippen molar-refractivity contribution < 1.29 is 0 Å². The molecule has 0 saturated heterocycles. The highest BCUT2D eigenvalue weighted by molar-refractivity contribution is 9.11. The summed E-state index contributed by atoms with van der Waals surface area (Å²) in [5.41, 5.74) is 0. The molecular formula is C7H13BrN2. The molecule has 3 heteroatoms. The molecule has 0 saturated carbocycles. The summed E-state index contributed by atoms with van der Waals surface area (Å²) in [6, 6.07) is 0. The SMILES string of the molecule is C=C(Br)N(C)C(=N)C(C)C.